The van der Waals surface area contributed by atoms with Crippen LogP contribution in [0.2, 0.25) is 0 Å². The number of morpholine rings is 1. The third kappa shape index (κ3) is 3.85. The van der Waals surface area contributed by atoms with Gasteiger partial charge in [0.15, 0.2) is 0 Å². The van der Waals surface area contributed by atoms with E-state index in [-0.39, 0.29) is 0 Å². The van der Waals surface area contributed by atoms with Crippen molar-refractivity contribution in [1.82, 2.24) is 29.6 Å². The van der Waals surface area contributed by atoms with Gasteiger partial charge in [-0.25, -0.2) is 25.3 Å². The van der Waals surface area contributed by atoms with Crippen LogP contribution < -0.4 is 21.1 Å². The van der Waals surface area contributed by atoms with Crippen molar-refractivity contribution in [2.24, 2.45) is 0 Å². The summed E-state index contributed by atoms with van der Waals surface area (Å²) >= 11 is 1.04. The van der Waals surface area contributed by atoms with Crippen molar-refractivity contribution in [1.29, 1.82) is 0 Å². The molecule has 2 amide bonds. The molecule has 30 heavy (non-hydrogen) atoms. The molecule has 0 aliphatic carbocycles. The normalized spacial score (nSPS) is 14.6. The molecule has 0 spiro atoms. The lowest BCUT2D eigenvalue weighted by atomic mass is 10.1. The Morgan fingerprint density at radius 2 is 2.00 bits per heavy atom. The van der Waals surface area contributed by atoms with Gasteiger partial charge in [0.05, 0.1) is 20.3 Å². The van der Waals surface area contributed by atoms with Crippen molar-refractivity contribution in [3.8, 4) is 17.0 Å². The van der Waals surface area contributed by atoms with Crippen LogP contribution in [0.3, 0.4) is 0 Å². The molecular formula is C18H21N7O4S. The van der Waals surface area contributed by atoms with Crippen molar-refractivity contribution >= 4 is 27.8 Å². The fraction of sp³-hybridized carbons (Fsp3) is 0.333. The smallest absolute Gasteiger partial charge is 0.366 e. The number of hydrogen-bond donors (Lipinski definition) is 2. The maximum Gasteiger partial charge on any atom is 0.366 e. The van der Waals surface area contributed by atoms with Crippen LogP contribution in [0, 0.1) is 0 Å². The van der Waals surface area contributed by atoms with Crippen molar-refractivity contribution in [2.75, 3.05) is 45.9 Å². The zero-order chi connectivity index (χ0) is 21.1. The molecule has 3 aromatic rings. The number of urea groups is 1. The van der Waals surface area contributed by atoms with Gasteiger partial charge in [0.25, 0.3) is 5.56 Å². The zero-order valence-corrected chi connectivity index (χ0v) is 17.3. The first-order valence-electron chi connectivity index (χ1n) is 9.25. The van der Waals surface area contributed by atoms with E-state index in [1.54, 1.807) is 19.2 Å². The lowest BCUT2D eigenvalue weighted by Gasteiger charge is -2.35. The molecule has 1 fully saturated rings. The van der Waals surface area contributed by atoms with E-state index in [0.717, 1.165) is 27.5 Å². The summed E-state index contributed by atoms with van der Waals surface area (Å²) in [6.07, 6.45) is 1.29. The fourth-order valence-electron chi connectivity index (χ4n) is 3.12. The molecule has 1 aromatic carbocycles. The molecule has 1 saturated heterocycles. The van der Waals surface area contributed by atoms with Gasteiger partial charge in [0.2, 0.25) is 0 Å². The molecule has 0 unspecified atom stereocenters. The first-order valence-corrected chi connectivity index (χ1v) is 10.0. The van der Waals surface area contributed by atoms with Gasteiger partial charge >= 0.3 is 6.03 Å². The van der Waals surface area contributed by atoms with Crippen LogP contribution in [0.5, 0.6) is 5.75 Å². The maximum atomic E-state index is 12.9. The summed E-state index contributed by atoms with van der Waals surface area (Å²) in [5.41, 5.74) is 6.90. The van der Waals surface area contributed by atoms with E-state index in [4.69, 9.17) is 9.47 Å². The number of amides is 2. The molecule has 3 heterocycles. The minimum absolute atomic E-state index is 0.353. The summed E-state index contributed by atoms with van der Waals surface area (Å²) in [5, 5.41) is 3.11. The fourth-order valence-corrected chi connectivity index (χ4v) is 3.90. The standard InChI is InChI=1S/C18H21N7O4S/c1-19-25(23-7-9-29-10-8-23)18(27)21-24-11-20-15-14(22-30-16(15)17(24)26)12-3-5-13(28-2)6-4-12/h3-6,11,19H,7-10H2,1-2H3,(H,21,27). The van der Waals surface area contributed by atoms with Gasteiger partial charge in [-0.2, -0.15) is 14.5 Å². The van der Waals surface area contributed by atoms with E-state index < -0.39 is 11.6 Å². The van der Waals surface area contributed by atoms with E-state index in [0.29, 0.717) is 42.2 Å². The number of nitrogens with one attached hydrogen (secondary N) is 2. The summed E-state index contributed by atoms with van der Waals surface area (Å²) < 4.78 is 16.3. The Balaban J connectivity index is 1.59. The predicted octanol–water partition coefficient (Wildman–Crippen LogP) is 0.876. The van der Waals surface area contributed by atoms with Gasteiger partial charge in [0.1, 0.15) is 28.0 Å². The largest absolute Gasteiger partial charge is 0.497 e. The number of rotatable bonds is 5. The highest BCUT2D eigenvalue weighted by atomic mass is 32.1. The molecule has 0 atom stereocenters. The van der Waals surface area contributed by atoms with E-state index in [2.05, 4.69) is 20.2 Å². The molecule has 4 rings (SSSR count). The number of carbonyl (C=O) groups excluding carboxylic acids is 1. The molecule has 0 saturated carbocycles. The Morgan fingerprint density at radius 1 is 1.27 bits per heavy atom. The SMILES string of the molecule is CNN(C(=O)Nn1cnc2c(-c3ccc(OC)cc3)nsc2c1=O)N1CCOCC1. The summed E-state index contributed by atoms with van der Waals surface area (Å²) in [7, 11) is 3.23. The van der Waals surface area contributed by atoms with Gasteiger partial charge in [-0.3, -0.25) is 4.79 Å². The van der Waals surface area contributed by atoms with Crippen LogP contribution in [0.4, 0.5) is 4.79 Å². The Labute approximate surface area is 175 Å². The molecule has 1 aliphatic rings. The van der Waals surface area contributed by atoms with Gasteiger partial charge in [-0.15, -0.1) is 0 Å². The topological polar surface area (TPSA) is 114 Å². The molecule has 0 radical (unpaired) electrons. The van der Waals surface area contributed by atoms with E-state index in [1.165, 1.54) is 11.4 Å². The molecule has 11 nitrogen and oxygen atoms in total. The number of aromatic nitrogens is 3. The van der Waals surface area contributed by atoms with Crippen LogP contribution in [-0.2, 0) is 4.74 Å². The number of hydrazine groups is 2. The number of benzene rings is 1. The number of carbonyl (C=O) groups is 1. The van der Waals surface area contributed by atoms with Crippen LogP contribution in [-0.4, -0.2) is 70.7 Å². The second-order valence-electron chi connectivity index (χ2n) is 6.38. The molecular weight excluding hydrogens is 410 g/mol. The monoisotopic (exact) mass is 431 g/mol. The first kappa shape index (κ1) is 20.2. The van der Waals surface area contributed by atoms with Crippen molar-refractivity contribution < 1.29 is 14.3 Å². The molecule has 2 aromatic heterocycles. The molecule has 158 valence electrons. The van der Waals surface area contributed by atoms with Crippen LogP contribution >= 0.6 is 11.5 Å². The van der Waals surface area contributed by atoms with Crippen LogP contribution in [0.1, 0.15) is 0 Å². The number of methoxy groups -OCH3 is 1. The number of fused-ring (bicyclic) bond motifs is 1. The molecule has 12 heteroatoms. The number of hydrogen-bond acceptors (Lipinski definition) is 9. The second-order valence-corrected chi connectivity index (χ2v) is 7.15. The third-order valence-electron chi connectivity index (χ3n) is 4.64. The van der Waals surface area contributed by atoms with Gasteiger partial charge in [0, 0.05) is 25.7 Å². The van der Waals surface area contributed by atoms with Gasteiger partial charge in [-0.05, 0) is 35.8 Å². The molecule has 0 bridgehead atoms. The first-order chi connectivity index (χ1) is 14.6. The second kappa shape index (κ2) is 8.75. The van der Waals surface area contributed by atoms with Gasteiger partial charge in [-0.1, -0.05) is 0 Å². The average molecular weight is 431 g/mol. The molecule has 2 N–H and O–H groups in total. The predicted molar refractivity (Wildman–Crippen MR) is 112 cm³/mol. The Bertz CT molecular complexity index is 1090. The highest BCUT2D eigenvalue weighted by Gasteiger charge is 2.23. The Morgan fingerprint density at radius 3 is 2.67 bits per heavy atom. The lowest BCUT2D eigenvalue weighted by Crippen LogP contribution is -2.59. The summed E-state index contributed by atoms with van der Waals surface area (Å²) in [6.45, 7) is 2.16. The summed E-state index contributed by atoms with van der Waals surface area (Å²) in [5.74, 6) is 0.727. The Hall–Kier alpha value is -3.06. The van der Waals surface area contributed by atoms with Crippen molar-refractivity contribution in [3.05, 3.63) is 40.9 Å². The van der Waals surface area contributed by atoms with Crippen molar-refractivity contribution in [3.63, 3.8) is 0 Å². The van der Waals surface area contributed by atoms with Crippen LogP contribution in [0.15, 0.2) is 35.4 Å². The van der Waals surface area contributed by atoms with Gasteiger partial charge < -0.3 is 9.47 Å². The number of ether oxygens (including phenoxy) is 2. The Kier molecular flexibility index (Phi) is 5.90. The van der Waals surface area contributed by atoms with E-state index in [9.17, 15) is 9.59 Å². The quantitative estimate of drug-likeness (QED) is 0.572. The summed E-state index contributed by atoms with van der Waals surface area (Å²) in [4.78, 5) is 29.9. The van der Waals surface area contributed by atoms with E-state index >= 15 is 0 Å². The highest BCUT2D eigenvalue weighted by molar-refractivity contribution is 7.13. The average Bonchev–Trinajstić information content (AvgIpc) is 3.22. The van der Waals surface area contributed by atoms with E-state index in [1.807, 2.05) is 24.3 Å². The van der Waals surface area contributed by atoms with Crippen LogP contribution in [0.25, 0.3) is 21.5 Å². The summed E-state index contributed by atoms with van der Waals surface area (Å²) in [6, 6.07) is 6.84. The third-order valence-corrected chi connectivity index (χ3v) is 5.46. The maximum absolute atomic E-state index is 12.9. The lowest BCUT2D eigenvalue weighted by molar-refractivity contribution is -0.0811. The minimum atomic E-state index is -0.512. The highest BCUT2D eigenvalue weighted by Crippen LogP contribution is 2.28. The van der Waals surface area contributed by atoms with Crippen molar-refractivity contribution in [2.45, 2.75) is 0 Å². The molecule has 1 aliphatic heterocycles. The minimum Gasteiger partial charge on any atom is -0.497 e. The zero-order valence-electron chi connectivity index (χ0n) is 16.5. The number of nitrogens with zero attached hydrogens (tertiary/aromatic N) is 5.